The van der Waals surface area contributed by atoms with Gasteiger partial charge >= 0.3 is 0 Å². The number of rotatable bonds is 10. The van der Waals surface area contributed by atoms with Gasteiger partial charge in [-0.15, -0.1) is 0 Å². The molecule has 0 saturated heterocycles. The van der Waals surface area contributed by atoms with Gasteiger partial charge in [0, 0.05) is 6.61 Å². The van der Waals surface area contributed by atoms with Crippen LogP contribution < -0.4 is 0 Å². The average Bonchev–Trinajstić information content (AvgIpc) is 2.78. The van der Waals surface area contributed by atoms with Crippen LogP contribution in [0.3, 0.4) is 0 Å². The van der Waals surface area contributed by atoms with Gasteiger partial charge in [0.2, 0.25) is 0 Å². The summed E-state index contributed by atoms with van der Waals surface area (Å²) in [5, 5.41) is 9.19. The van der Waals surface area contributed by atoms with Crippen LogP contribution in [0.2, 0.25) is 0 Å². The highest BCUT2D eigenvalue weighted by atomic mass is 17.2. The molecule has 0 heterocycles. The monoisotopic (exact) mass is 422 g/mol. The van der Waals surface area contributed by atoms with E-state index in [1.54, 1.807) is 6.92 Å². The zero-order valence-corrected chi connectivity index (χ0v) is 19.5. The van der Waals surface area contributed by atoms with Crippen molar-refractivity contribution in [2.45, 2.75) is 78.2 Å². The number of hydrogen-bond donors (Lipinski definition) is 1. The number of aryl methyl sites for hydroxylation is 2. The Kier molecular flexibility index (Phi) is 8.74. The van der Waals surface area contributed by atoms with E-state index in [0.717, 1.165) is 30.7 Å². The maximum atomic E-state index is 9.19. The molecular weight excluding hydrogens is 384 g/mol. The summed E-state index contributed by atoms with van der Waals surface area (Å²) in [6.07, 6.45) is 7.91. The summed E-state index contributed by atoms with van der Waals surface area (Å²) < 4.78 is 0. The lowest BCUT2D eigenvalue weighted by Crippen LogP contribution is -2.11. The van der Waals surface area contributed by atoms with Crippen LogP contribution in [0.1, 0.15) is 81.0 Å². The van der Waals surface area contributed by atoms with E-state index in [9.17, 15) is 5.11 Å². The van der Waals surface area contributed by atoms with Crippen LogP contribution in [0.4, 0.5) is 0 Å². The van der Waals surface area contributed by atoms with Gasteiger partial charge in [0.1, 0.15) is 12.4 Å². The highest BCUT2D eigenvalue weighted by molar-refractivity contribution is 5.71. The van der Waals surface area contributed by atoms with E-state index in [4.69, 9.17) is 9.78 Å². The molecule has 168 valence electrons. The van der Waals surface area contributed by atoms with Crippen LogP contribution in [-0.2, 0) is 29.2 Å². The molecule has 1 N–H and O–H groups in total. The lowest BCUT2D eigenvalue weighted by molar-refractivity contribution is -0.270. The summed E-state index contributed by atoms with van der Waals surface area (Å²) in [6.45, 7) is 10.7. The summed E-state index contributed by atoms with van der Waals surface area (Å²) in [5.41, 5.74) is 7.66. The molecule has 0 radical (unpaired) electrons. The Morgan fingerprint density at radius 2 is 1.74 bits per heavy atom. The predicted octanol–water partition coefficient (Wildman–Crippen LogP) is 7.12. The fourth-order valence-electron chi connectivity index (χ4n) is 4.68. The lowest BCUT2D eigenvalue weighted by Gasteiger charge is -2.27. The zero-order chi connectivity index (χ0) is 22.2. The van der Waals surface area contributed by atoms with Crippen molar-refractivity contribution in [2.75, 3.05) is 6.61 Å². The van der Waals surface area contributed by atoms with E-state index < -0.39 is 0 Å². The molecule has 1 fully saturated rings. The van der Waals surface area contributed by atoms with Crippen LogP contribution in [0.15, 0.2) is 48.7 Å². The molecule has 3 nitrogen and oxygen atoms in total. The molecule has 0 amide bonds. The third-order valence-electron chi connectivity index (χ3n) is 6.50. The van der Waals surface area contributed by atoms with E-state index in [0.29, 0.717) is 18.3 Å². The SMILES string of the molecule is C=C(C)OOCc1cc(CCCO)ccc1-c1ccc(C2CCC(C)CC2)cc1CC. The number of hydrogen-bond acceptors (Lipinski definition) is 3. The second-order valence-electron chi connectivity index (χ2n) is 9.09. The fraction of sp³-hybridized carbons (Fsp3) is 0.500. The molecule has 0 aliphatic heterocycles. The van der Waals surface area contributed by atoms with Crippen molar-refractivity contribution in [3.8, 4) is 11.1 Å². The molecule has 3 heteroatoms. The van der Waals surface area contributed by atoms with Gasteiger partial charge in [-0.2, -0.15) is 4.89 Å². The first kappa shape index (κ1) is 23.6. The number of aliphatic hydroxyl groups is 1. The van der Waals surface area contributed by atoms with Gasteiger partial charge in [-0.05, 0) is 84.2 Å². The van der Waals surface area contributed by atoms with Gasteiger partial charge in [-0.3, -0.25) is 0 Å². The Labute approximate surface area is 188 Å². The molecule has 0 spiro atoms. The number of benzene rings is 2. The Balaban J connectivity index is 1.90. The molecular formula is C28H38O3. The Bertz CT molecular complexity index is 863. The van der Waals surface area contributed by atoms with E-state index in [1.165, 1.54) is 53.5 Å². The standard InChI is InChI=1S/C28H38O3/c1-5-23-18-25(24-11-8-21(4)9-12-24)13-15-27(23)28-14-10-22(7-6-16-29)17-26(28)19-30-31-20(2)3/h10,13-15,17-18,21,24,29H,2,5-9,11-12,16,19H2,1,3-4H3. The molecule has 2 aromatic rings. The van der Waals surface area contributed by atoms with Crippen molar-refractivity contribution in [1.29, 1.82) is 0 Å². The normalized spacial score (nSPS) is 18.7. The second kappa shape index (κ2) is 11.5. The molecule has 2 aromatic carbocycles. The Morgan fingerprint density at radius 1 is 1.03 bits per heavy atom. The quantitative estimate of drug-likeness (QED) is 0.252. The topological polar surface area (TPSA) is 38.7 Å². The third kappa shape index (κ3) is 6.44. The predicted molar refractivity (Wildman–Crippen MR) is 128 cm³/mol. The van der Waals surface area contributed by atoms with Crippen LogP contribution >= 0.6 is 0 Å². The number of allylic oxidation sites excluding steroid dienone is 1. The van der Waals surface area contributed by atoms with Crippen LogP contribution in [0.5, 0.6) is 0 Å². The molecule has 0 aromatic heterocycles. The van der Waals surface area contributed by atoms with Gasteiger partial charge in [-0.1, -0.05) is 69.7 Å². The van der Waals surface area contributed by atoms with Crippen molar-refractivity contribution in [2.24, 2.45) is 5.92 Å². The van der Waals surface area contributed by atoms with Crippen molar-refractivity contribution < 1.29 is 14.9 Å². The molecule has 3 rings (SSSR count). The average molecular weight is 423 g/mol. The lowest BCUT2D eigenvalue weighted by atomic mass is 9.78. The smallest absolute Gasteiger partial charge is 0.132 e. The number of aliphatic hydroxyl groups excluding tert-OH is 1. The molecule has 0 bridgehead atoms. The van der Waals surface area contributed by atoms with E-state index in [2.05, 4.69) is 56.8 Å². The minimum Gasteiger partial charge on any atom is -0.396 e. The first-order chi connectivity index (χ1) is 15.0. The second-order valence-corrected chi connectivity index (χ2v) is 9.09. The summed E-state index contributed by atoms with van der Waals surface area (Å²) in [5.74, 6) is 2.11. The Hall–Kier alpha value is -2.10. The highest BCUT2D eigenvalue weighted by Gasteiger charge is 2.21. The first-order valence-corrected chi connectivity index (χ1v) is 11.8. The summed E-state index contributed by atoms with van der Waals surface area (Å²) >= 11 is 0. The molecule has 0 unspecified atom stereocenters. The summed E-state index contributed by atoms with van der Waals surface area (Å²) in [6, 6.07) is 13.6. The summed E-state index contributed by atoms with van der Waals surface area (Å²) in [4.78, 5) is 10.6. The van der Waals surface area contributed by atoms with Gasteiger partial charge in [-0.25, -0.2) is 0 Å². The summed E-state index contributed by atoms with van der Waals surface area (Å²) in [7, 11) is 0. The minimum absolute atomic E-state index is 0.202. The van der Waals surface area contributed by atoms with E-state index in [-0.39, 0.29) is 6.61 Å². The van der Waals surface area contributed by atoms with E-state index in [1.807, 2.05) is 0 Å². The molecule has 31 heavy (non-hydrogen) atoms. The van der Waals surface area contributed by atoms with Crippen molar-refractivity contribution in [1.82, 2.24) is 0 Å². The van der Waals surface area contributed by atoms with Gasteiger partial charge < -0.3 is 9.99 Å². The maximum Gasteiger partial charge on any atom is 0.132 e. The minimum atomic E-state index is 0.202. The van der Waals surface area contributed by atoms with Crippen molar-refractivity contribution >= 4 is 0 Å². The van der Waals surface area contributed by atoms with Crippen molar-refractivity contribution in [3.05, 3.63) is 71.0 Å². The van der Waals surface area contributed by atoms with Gasteiger partial charge in [0.25, 0.3) is 0 Å². The van der Waals surface area contributed by atoms with Gasteiger partial charge in [0.15, 0.2) is 0 Å². The van der Waals surface area contributed by atoms with Crippen molar-refractivity contribution in [3.63, 3.8) is 0 Å². The van der Waals surface area contributed by atoms with Crippen LogP contribution in [0, 0.1) is 5.92 Å². The highest BCUT2D eigenvalue weighted by Crippen LogP contribution is 2.38. The largest absolute Gasteiger partial charge is 0.396 e. The molecule has 1 aliphatic rings. The molecule has 1 saturated carbocycles. The Morgan fingerprint density at radius 3 is 2.42 bits per heavy atom. The zero-order valence-electron chi connectivity index (χ0n) is 19.5. The third-order valence-corrected chi connectivity index (χ3v) is 6.50. The van der Waals surface area contributed by atoms with Crippen LogP contribution in [0.25, 0.3) is 11.1 Å². The molecule has 1 aliphatic carbocycles. The maximum absolute atomic E-state index is 9.19. The van der Waals surface area contributed by atoms with Gasteiger partial charge in [0.05, 0.1) is 0 Å². The van der Waals surface area contributed by atoms with E-state index >= 15 is 0 Å². The fourth-order valence-corrected chi connectivity index (χ4v) is 4.68. The first-order valence-electron chi connectivity index (χ1n) is 11.8. The van der Waals surface area contributed by atoms with Crippen LogP contribution in [-0.4, -0.2) is 11.7 Å². The molecule has 0 atom stereocenters.